The number of ether oxygens (including phenoxy) is 1. The van der Waals surface area contributed by atoms with Crippen LogP contribution in [0.4, 0.5) is 0 Å². The normalized spacial score (nSPS) is 11.0. The zero-order valence-corrected chi connectivity index (χ0v) is 12.7. The number of hydrogen-bond donors (Lipinski definition) is 1. The van der Waals surface area contributed by atoms with Gasteiger partial charge in [-0.05, 0) is 37.2 Å². The van der Waals surface area contributed by atoms with Crippen molar-refractivity contribution in [1.82, 2.24) is 9.88 Å². The van der Waals surface area contributed by atoms with Gasteiger partial charge in [-0.25, -0.2) is 0 Å². The first kappa shape index (κ1) is 15.3. The summed E-state index contributed by atoms with van der Waals surface area (Å²) in [6, 6.07) is 5.70. The van der Waals surface area contributed by atoms with Crippen LogP contribution in [-0.4, -0.2) is 36.0 Å². The zero-order valence-electron chi connectivity index (χ0n) is 12.7. The van der Waals surface area contributed by atoms with Crippen LogP contribution in [0.1, 0.15) is 18.9 Å². The second-order valence-electron chi connectivity index (χ2n) is 5.15. The third kappa shape index (κ3) is 3.95. The third-order valence-electron chi connectivity index (χ3n) is 3.46. The minimum Gasteiger partial charge on any atom is -0.427 e. The molecule has 0 bridgehead atoms. The van der Waals surface area contributed by atoms with Crippen molar-refractivity contribution in [3.63, 3.8) is 0 Å². The van der Waals surface area contributed by atoms with E-state index in [1.807, 2.05) is 30.5 Å². The minimum atomic E-state index is -0.211. The Morgan fingerprint density at radius 3 is 3.00 bits per heavy atom. The molecule has 0 fully saturated rings. The Morgan fingerprint density at radius 2 is 2.29 bits per heavy atom. The Morgan fingerprint density at radius 1 is 1.48 bits per heavy atom. The molecule has 0 aliphatic heterocycles. The fourth-order valence-electron chi connectivity index (χ4n) is 2.25. The molecule has 1 aromatic carbocycles. The molecular formula is C17H22N2O2. The van der Waals surface area contributed by atoms with E-state index in [2.05, 4.69) is 23.5 Å². The number of hydrogen-bond acceptors (Lipinski definition) is 3. The number of rotatable bonds is 7. The standard InChI is InChI=1S/C17H22N2O2/c1-4-9-19(3)10-8-13-12-18-16-7-6-14(11-15(13)16)21-17(20)5-2/h4,6-7,11-12,18H,1,5,8-10H2,2-3H3. The van der Waals surface area contributed by atoms with Gasteiger partial charge in [0, 0.05) is 36.6 Å². The van der Waals surface area contributed by atoms with E-state index in [4.69, 9.17) is 4.74 Å². The van der Waals surface area contributed by atoms with Crippen molar-refractivity contribution < 1.29 is 9.53 Å². The van der Waals surface area contributed by atoms with Crippen molar-refractivity contribution in [2.45, 2.75) is 19.8 Å². The Balaban J connectivity index is 2.14. The number of likely N-dealkylation sites (N-methyl/N-ethyl adjacent to an activating group) is 1. The zero-order chi connectivity index (χ0) is 15.2. The number of nitrogens with one attached hydrogen (secondary N) is 1. The second kappa shape index (κ2) is 7.09. The highest BCUT2D eigenvalue weighted by Gasteiger charge is 2.08. The molecule has 1 N–H and O–H groups in total. The highest BCUT2D eigenvalue weighted by molar-refractivity contribution is 5.85. The lowest BCUT2D eigenvalue weighted by atomic mass is 10.1. The van der Waals surface area contributed by atoms with Gasteiger partial charge in [-0.1, -0.05) is 13.0 Å². The quantitative estimate of drug-likeness (QED) is 0.483. The SMILES string of the molecule is C=CCN(C)CCc1c[nH]c2ccc(OC(=O)CC)cc12. The van der Waals surface area contributed by atoms with E-state index in [0.29, 0.717) is 12.2 Å². The van der Waals surface area contributed by atoms with E-state index in [-0.39, 0.29) is 5.97 Å². The summed E-state index contributed by atoms with van der Waals surface area (Å²) in [4.78, 5) is 16.9. The molecule has 1 heterocycles. The fourth-order valence-corrected chi connectivity index (χ4v) is 2.25. The summed E-state index contributed by atoms with van der Waals surface area (Å²) >= 11 is 0. The van der Waals surface area contributed by atoms with Crippen LogP contribution in [0.15, 0.2) is 37.1 Å². The highest BCUT2D eigenvalue weighted by Crippen LogP contribution is 2.24. The van der Waals surface area contributed by atoms with Crippen molar-refractivity contribution in [2.75, 3.05) is 20.1 Å². The Hall–Kier alpha value is -2.07. The van der Waals surface area contributed by atoms with Crippen LogP contribution >= 0.6 is 0 Å². The molecular weight excluding hydrogens is 264 g/mol. The van der Waals surface area contributed by atoms with Gasteiger partial charge >= 0.3 is 5.97 Å². The monoisotopic (exact) mass is 286 g/mol. The van der Waals surface area contributed by atoms with Gasteiger partial charge in [0.15, 0.2) is 0 Å². The molecule has 0 aliphatic carbocycles. The van der Waals surface area contributed by atoms with Crippen molar-refractivity contribution >= 4 is 16.9 Å². The van der Waals surface area contributed by atoms with Gasteiger partial charge in [0.1, 0.15) is 5.75 Å². The van der Waals surface area contributed by atoms with Gasteiger partial charge < -0.3 is 14.6 Å². The largest absolute Gasteiger partial charge is 0.427 e. The summed E-state index contributed by atoms with van der Waals surface area (Å²) in [5.41, 5.74) is 2.29. The van der Waals surface area contributed by atoms with Gasteiger partial charge in [0.2, 0.25) is 0 Å². The topological polar surface area (TPSA) is 45.3 Å². The lowest BCUT2D eigenvalue weighted by molar-refractivity contribution is -0.134. The maximum absolute atomic E-state index is 11.4. The summed E-state index contributed by atoms with van der Waals surface area (Å²) in [6.07, 6.45) is 5.25. The van der Waals surface area contributed by atoms with Crippen LogP contribution in [0, 0.1) is 0 Å². The number of aromatic amines is 1. The van der Waals surface area contributed by atoms with Gasteiger partial charge in [-0.3, -0.25) is 4.79 Å². The summed E-state index contributed by atoms with van der Waals surface area (Å²) in [5.74, 6) is 0.395. The van der Waals surface area contributed by atoms with E-state index in [0.717, 1.165) is 30.4 Å². The van der Waals surface area contributed by atoms with Gasteiger partial charge in [-0.15, -0.1) is 6.58 Å². The van der Waals surface area contributed by atoms with E-state index in [1.54, 1.807) is 6.92 Å². The van der Waals surface area contributed by atoms with Gasteiger partial charge in [0.25, 0.3) is 0 Å². The molecule has 0 amide bonds. The lowest BCUT2D eigenvalue weighted by Gasteiger charge is -2.13. The fraction of sp³-hybridized carbons (Fsp3) is 0.353. The average Bonchev–Trinajstić information content (AvgIpc) is 2.88. The third-order valence-corrected chi connectivity index (χ3v) is 3.46. The number of carbonyl (C=O) groups excluding carboxylic acids is 1. The summed E-state index contributed by atoms with van der Waals surface area (Å²) in [7, 11) is 2.07. The summed E-state index contributed by atoms with van der Waals surface area (Å²) in [5, 5.41) is 1.11. The molecule has 0 spiro atoms. The van der Waals surface area contributed by atoms with Crippen LogP contribution in [0.25, 0.3) is 10.9 Å². The molecule has 0 radical (unpaired) electrons. The smallest absolute Gasteiger partial charge is 0.310 e. The molecule has 112 valence electrons. The first-order valence-corrected chi connectivity index (χ1v) is 7.24. The number of H-pyrrole nitrogens is 1. The molecule has 1 aromatic heterocycles. The molecule has 0 atom stereocenters. The highest BCUT2D eigenvalue weighted by atomic mass is 16.5. The van der Waals surface area contributed by atoms with Crippen molar-refractivity contribution in [1.29, 1.82) is 0 Å². The Labute approximate surface area is 125 Å². The maximum Gasteiger partial charge on any atom is 0.310 e. The molecule has 0 saturated carbocycles. The number of benzene rings is 1. The van der Waals surface area contributed by atoms with E-state index >= 15 is 0 Å². The molecule has 21 heavy (non-hydrogen) atoms. The number of fused-ring (bicyclic) bond motifs is 1. The van der Waals surface area contributed by atoms with Crippen LogP contribution in [0.3, 0.4) is 0 Å². The van der Waals surface area contributed by atoms with Crippen molar-refractivity contribution in [2.24, 2.45) is 0 Å². The molecule has 0 saturated heterocycles. The van der Waals surface area contributed by atoms with Crippen LogP contribution in [0.5, 0.6) is 5.75 Å². The number of carbonyl (C=O) groups is 1. The minimum absolute atomic E-state index is 0.211. The molecule has 0 aliphatic rings. The van der Waals surface area contributed by atoms with Crippen molar-refractivity contribution in [3.8, 4) is 5.75 Å². The van der Waals surface area contributed by atoms with E-state index < -0.39 is 0 Å². The summed E-state index contributed by atoms with van der Waals surface area (Å²) < 4.78 is 5.28. The first-order valence-electron chi connectivity index (χ1n) is 7.24. The Bertz CT molecular complexity index is 631. The first-order chi connectivity index (χ1) is 10.1. The van der Waals surface area contributed by atoms with E-state index in [1.165, 1.54) is 5.56 Å². The van der Waals surface area contributed by atoms with Crippen LogP contribution in [0.2, 0.25) is 0 Å². The Kier molecular flexibility index (Phi) is 5.17. The van der Waals surface area contributed by atoms with Crippen LogP contribution < -0.4 is 4.74 Å². The molecule has 2 rings (SSSR count). The molecule has 2 aromatic rings. The molecule has 4 nitrogen and oxygen atoms in total. The molecule has 4 heteroatoms. The van der Waals surface area contributed by atoms with Gasteiger partial charge in [0.05, 0.1) is 0 Å². The van der Waals surface area contributed by atoms with E-state index in [9.17, 15) is 4.79 Å². The number of nitrogens with zero attached hydrogens (tertiary/aromatic N) is 1. The maximum atomic E-state index is 11.4. The molecule has 0 unspecified atom stereocenters. The van der Waals surface area contributed by atoms with Crippen molar-refractivity contribution in [3.05, 3.63) is 42.6 Å². The lowest BCUT2D eigenvalue weighted by Crippen LogP contribution is -2.20. The average molecular weight is 286 g/mol. The van der Waals surface area contributed by atoms with Crippen LogP contribution in [-0.2, 0) is 11.2 Å². The second-order valence-corrected chi connectivity index (χ2v) is 5.15. The predicted octanol–water partition coefficient (Wildman–Crippen LogP) is 3.14. The van der Waals surface area contributed by atoms with Gasteiger partial charge in [-0.2, -0.15) is 0 Å². The summed E-state index contributed by atoms with van der Waals surface area (Å²) in [6.45, 7) is 7.37. The number of aromatic nitrogens is 1. The number of esters is 1. The predicted molar refractivity (Wildman–Crippen MR) is 85.6 cm³/mol.